The molecule has 2 heterocycles. The Labute approximate surface area is 90.3 Å². The number of hydrogen-bond donors (Lipinski definition) is 3. The Kier molecular flexibility index (Phi) is 2.15. The lowest BCUT2D eigenvalue weighted by molar-refractivity contribution is 0.246. The fraction of sp³-hybridized carbons (Fsp3) is 0.500. The van der Waals surface area contributed by atoms with Gasteiger partial charge >= 0.3 is 0 Å². The number of rotatable bonds is 0. The molecule has 0 radical (unpaired) electrons. The van der Waals surface area contributed by atoms with Crippen molar-refractivity contribution in [1.82, 2.24) is 10.6 Å². The Morgan fingerprint density at radius 2 is 1.87 bits per heavy atom. The van der Waals surface area contributed by atoms with Crippen LogP contribution in [-0.4, -0.2) is 19.8 Å². The van der Waals surface area contributed by atoms with E-state index >= 15 is 0 Å². The molecule has 80 valence electrons. The van der Waals surface area contributed by atoms with Crippen LogP contribution in [0.15, 0.2) is 24.3 Å². The van der Waals surface area contributed by atoms with Crippen LogP contribution < -0.4 is 16.0 Å². The summed E-state index contributed by atoms with van der Waals surface area (Å²) in [4.78, 5) is 0. The minimum Gasteiger partial charge on any atom is -0.372 e. The van der Waals surface area contributed by atoms with Gasteiger partial charge in [0, 0.05) is 11.2 Å². The molecule has 1 aromatic carbocycles. The molecule has 3 N–H and O–H groups in total. The topological polar surface area (TPSA) is 36.1 Å². The summed E-state index contributed by atoms with van der Waals surface area (Å²) in [6, 6.07) is 8.67. The maximum absolute atomic E-state index is 3.64. The van der Waals surface area contributed by atoms with E-state index in [1.807, 2.05) is 0 Å². The largest absolute Gasteiger partial charge is 0.372 e. The smallest absolute Gasteiger partial charge is 0.0660 e. The molecule has 0 saturated carbocycles. The lowest BCUT2D eigenvalue weighted by Gasteiger charge is -2.43. The van der Waals surface area contributed by atoms with Gasteiger partial charge in [-0.2, -0.15) is 0 Å². The highest BCUT2D eigenvalue weighted by atomic mass is 15.2. The third-order valence-electron chi connectivity index (χ3n) is 3.61. The molecule has 0 amide bonds. The van der Waals surface area contributed by atoms with Crippen molar-refractivity contribution in [1.29, 1.82) is 0 Å². The number of benzene rings is 1. The van der Waals surface area contributed by atoms with E-state index in [1.54, 1.807) is 0 Å². The van der Waals surface area contributed by atoms with Gasteiger partial charge in [0.2, 0.25) is 0 Å². The molecule has 0 bridgehead atoms. The van der Waals surface area contributed by atoms with Gasteiger partial charge in [0.15, 0.2) is 0 Å². The quantitative estimate of drug-likeness (QED) is 0.593. The monoisotopic (exact) mass is 203 g/mol. The average Bonchev–Trinajstić information content (AvgIpc) is 2.31. The van der Waals surface area contributed by atoms with Gasteiger partial charge in [0.05, 0.1) is 6.67 Å². The summed E-state index contributed by atoms with van der Waals surface area (Å²) in [6.07, 6.45) is 2.37. The Morgan fingerprint density at radius 1 is 1.07 bits per heavy atom. The van der Waals surface area contributed by atoms with Crippen LogP contribution in [0, 0.1) is 0 Å². The molecule has 1 spiro atoms. The van der Waals surface area contributed by atoms with E-state index in [-0.39, 0.29) is 5.54 Å². The van der Waals surface area contributed by atoms with Crippen molar-refractivity contribution in [3.05, 3.63) is 29.8 Å². The van der Waals surface area contributed by atoms with E-state index in [2.05, 4.69) is 40.2 Å². The maximum atomic E-state index is 3.64. The molecule has 2 aliphatic rings. The molecule has 0 aromatic heterocycles. The summed E-state index contributed by atoms with van der Waals surface area (Å²) in [7, 11) is 0. The van der Waals surface area contributed by atoms with E-state index in [4.69, 9.17) is 0 Å². The second-order valence-corrected chi connectivity index (χ2v) is 4.41. The van der Waals surface area contributed by atoms with Gasteiger partial charge in [-0.1, -0.05) is 18.2 Å². The summed E-state index contributed by atoms with van der Waals surface area (Å²) in [5.41, 5.74) is 2.96. The highest BCUT2D eigenvalue weighted by Gasteiger charge is 2.36. The molecule has 0 unspecified atom stereocenters. The van der Waals surface area contributed by atoms with Crippen molar-refractivity contribution in [2.45, 2.75) is 18.4 Å². The highest BCUT2D eigenvalue weighted by Crippen LogP contribution is 2.37. The Balaban J connectivity index is 2.04. The number of nitrogens with one attached hydrogen (secondary N) is 3. The summed E-state index contributed by atoms with van der Waals surface area (Å²) >= 11 is 0. The molecule has 3 rings (SSSR count). The van der Waals surface area contributed by atoms with Gasteiger partial charge in [0.1, 0.15) is 0 Å². The third-order valence-corrected chi connectivity index (χ3v) is 3.61. The van der Waals surface area contributed by atoms with E-state index < -0.39 is 0 Å². The molecule has 15 heavy (non-hydrogen) atoms. The van der Waals surface area contributed by atoms with Gasteiger partial charge < -0.3 is 10.6 Å². The predicted molar refractivity (Wildman–Crippen MR) is 61.8 cm³/mol. The van der Waals surface area contributed by atoms with Crippen LogP contribution >= 0.6 is 0 Å². The Bertz CT molecular complexity index is 356. The van der Waals surface area contributed by atoms with Crippen molar-refractivity contribution in [3.63, 3.8) is 0 Å². The maximum Gasteiger partial charge on any atom is 0.0660 e. The average molecular weight is 203 g/mol. The molecule has 2 aliphatic heterocycles. The van der Waals surface area contributed by atoms with E-state index in [0.717, 1.165) is 19.8 Å². The van der Waals surface area contributed by atoms with Gasteiger partial charge in [-0.05, 0) is 37.6 Å². The SMILES string of the molecule is c1ccc2c(c1)NCNC21CCNCC1. The highest BCUT2D eigenvalue weighted by molar-refractivity contribution is 5.56. The third kappa shape index (κ3) is 1.43. The first-order valence-corrected chi connectivity index (χ1v) is 5.70. The van der Waals surface area contributed by atoms with Gasteiger partial charge in [-0.15, -0.1) is 0 Å². The molecular weight excluding hydrogens is 186 g/mol. The minimum absolute atomic E-state index is 0.215. The molecule has 0 aliphatic carbocycles. The standard InChI is InChI=1S/C12H17N3/c1-2-4-11-10(3-1)12(15-9-14-11)5-7-13-8-6-12/h1-4,13-15H,5-9H2. The number of hydrogen-bond acceptors (Lipinski definition) is 3. The minimum atomic E-state index is 0.215. The normalized spacial score (nSPS) is 23.2. The first-order chi connectivity index (χ1) is 7.41. The predicted octanol–water partition coefficient (Wildman–Crippen LogP) is 1.24. The molecule has 0 atom stereocenters. The van der Waals surface area contributed by atoms with Crippen molar-refractivity contribution >= 4 is 5.69 Å². The number of para-hydroxylation sites is 1. The molecule has 1 aromatic rings. The van der Waals surface area contributed by atoms with Crippen LogP contribution in [0.1, 0.15) is 18.4 Å². The Hall–Kier alpha value is -1.06. The van der Waals surface area contributed by atoms with Crippen LogP contribution in [0.5, 0.6) is 0 Å². The number of anilines is 1. The van der Waals surface area contributed by atoms with Gasteiger partial charge in [-0.25, -0.2) is 0 Å². The fourth-order valence-electron chi connectivity index (χ4n) is 2.76. The van der Waals surface area contributed by atoms with Crippen LogP contribution in [-0.2, 0) is 5.54 Å². The molecular formula is C12H17N3. The van der Waals surface area contributed by atoms with E-state index in [9.17, 15) is 0 Å². The van der Waals surface area contributed by atoms with E-state index in [0.29, 0.717) is 0 Å². The van der Waals surface area contributed by atoms with Crippen LogP contribution in [0.3, 0.4) is 0 Å². The second-order valence-electron chi connectivity index (χ2n) is 4.41. The van der Waals surface area contributed by atoms with Crippen molar-refractivity contribution in [3.8, 4) is 0 Å². The molecule has 1 fully saturated rings. The number of fused-ring (bicyclic) bond motifs is 2. The van der Waals surface area contributed by atoms with Crippen molar-refractivity contribution in [2.75, 3.05) is 25.1 Å². The summed E-state index contributed by atoms with van der Waals surface area (Å²) < 4.78 is 0. The molecule has 3 nitrogen and oxygen atoms in total. The zero-order valence-corrected chi connectivity index (χ0v) is 8.84. The van der Waals surface area contributed by atoms with Crippen molar-refractivity contribution < 1.29 is 0 Å². The first-order valence-electron chi connectivity index (χ1n) is 5.70. The van der Waals surface area contributed by atoms with Crippen LogP contribution in [0.25, 0.3) is 0 Å². The Morgan fingerprint density at radius 3 is 2.73 bits per heavy atom. The zero-order valence-electron chi connectivity index (χ0n) is 8.84. The zero-order chi connectivity index (χ0) is 10.1. The lowest BCUT2D eigenvalue weighted by Crippen LogP contribution is -2.54. The first kappa shape index (κ1) is 9.19. The summed E-state index contributed by atoms with van der Waals surface area (Å²) in [5, 5.41) is 10.5. The van der Waals surface area contributed by atoms with Crippen molar-refractivity contribution in [2.24, 2.45) is 0 Å². The van der Waals surface area contributed by atoms with Gasteiger partial charge in [0.25, 0.3) is 0 Å². The number of piperidine rings is 1. The summed E-state index contributed by atoms with van der Waals surface area (Å²) in [5.74, 6) is 0. The summed E-state index contributed by atoms with van der Waals surface area (Å²) in [6.45, 7) is 3.11. The molecule has 3 heteroatoms. The lowest BCUT2D eigenvalue weighted by atomic mass is 9.79. The van der Waals surface area contributed by atoms with E-state index in [1.165, 1.54) is 24.1 Å². The van der Waals surface area contributed by atoms with Gasteiger partial charge in [-0.3, -0.25) is 5.32 Å². The van der Waals surface area contributed by atoms with Crippen LogP contribution in [0.2, 0.25) is 0 Å². The van der Waals surface area contributed by atoms with Crippen LogP contribution in [0.4, 0.5) is 5.69 Å². The fourth-order valence-corrected chi connectivity index (χ4v) is 2.76. The second kappa shape index (κ2) is 3.51. The molecule has 1 saturated heterocycles.